The largest absolute Gasteiger partial charge is 0.320 e. The predicted octanol–water partition coefficient (Wildman–Crippen LogP) is 2.84. The van der Waals surface area contributed by atoms with E-state index in [-0.39, 0.29) is 0 Å². The van der Waals surface area contributed by atoms with Crippen LogP contribution in [0.2, 0.25) is 0 Å². The van der Waals surface area contributed by atoms with Gasteiger partial charge in [-0.2, -0.15) is 0 Å². The molecule has 0 saturated heterocycles. The van der Waals surface area contributed by atoms with Crippen LogP contribution in [0.15, 0.2) is 29.2 Å². The van der Waals surface area contributed by atoms with Gasteiger partial charge in [-0.3, -0.25) is 0 Å². The number of benzene rings is 1. The Kier molecular flexibility index (Phi) is 7.33. The van der Waals surface area contributed by atoms with Gasteiger partial charge < -0.3 is 10.2 Å². The standard InChI is InChI=1S/C14H24N2S/c1-15-10-4-5-11-16(2)12-13-6-8-14(17-3)9-7-13/h6-9,15H,4-5,10-12H2,1-3H3. The van der Waals surface area contributed by atoms with Crippen molar-refractivity contribution >= 4 is 11.8 Å². The molecule has 0 unspecified atom stereocenters. The van der Waals surface area contributed by atoms with Gasteiger partial charge in [-0.15, -0.1) is 11.8 Å². The summed E-state index contributed by atoms with van der Waals surface area (Å²) in [6, 6.07) is 8.87. The maximum atomic E-state index is 3.18. The minimum Gasteiger partial charge on any atom is -0.320 e. The van der Waals surface area contributed by atoms with Crippen molar-refractivity contribution in [2.45, 2.75) is 24.3 Å². The van der Waals surface area contributed by atoms with Crippen molar-refractivity contribution < 1.29 is 0 Å². The normalized spacial score (nSPS) is 11.1. The number of rotatable bonds is 8. The zero-order valence-corrected chi connectivity index (χ0v) is 12.0. The molecular weight excluding hydrogens is 228 g/mol. The first kappa shape index (κ1) is 14.6. The third-order valence-corrected chi connectivity index (χ3v) is 3.57. The Balaban J connectivity index is 2.26. The van der Waals surface area contributed by atoms with E-state index in [1.54, 1.807) is 11.8 Å². The Hall–Kier alpha value is -0.510. The van der Waals surface area contributed by atoms with Crippen molar-refractivity contribution in [1.29, 1.82) is 0 Å². The minimum atomic E-state index is 1.05. The van der Waals surface area contributed by atoms with E-state index in [4.69, 9.17) is 0 Å². The van der Waals surface area contributed by atoms with Gasteiger partial charge in [-0.05, 0) is 64.0 Å². The van der Waals surface area contributed by atoms with Crippen LogP contribution in [0.5, 0.6) is 0 Å². The molecule has 1 N–H and O–H groups in total. The van der Waals surface area contributed by atoms with Crippen LogP contribution in [0, 0.1) is 0 Å². The molecule has 0 amide bonds. The highest BCUT2D eigenvalue weighted by molar-refractivity contribution is 7.98. The van der Waals surface area contributed by atoms with Gasteiger partial charge in [0.15, 0.2) is 0 Å². The minimum absolute atomic E-state index is 1.05. The molecule has 0 aliphatic rings. The van der Waals surface area contributed by atoms with Crippen molar-refractivity contribution in [2.24, 2.45) is 0 Å². The number of hydrogen-bond donors (Lipinski definition) is 1. The highest BCUT2D eigenvalue weighted by Crippen LogP contribution is 2.15. The summed E-state index contributed by atoms with van der Waals surface area (Å²) in [6.45, 7) is 3.34. The summed E-state index contributed by atoms with van der Waals surface area (Å²) < 4.78 is 0. The van der Waals surface area contributed by atoms with Crippen molar-refractivity contribution in [3.63, 3.8) is 0 Å². The lowest BCUT2D eigenvalue weighted by Gasteiger charge is -2.16. The number of unbranched alkanes of at least 4 members (excludes halogenated alkanes) is 1. The van der Waals surface area contributed by atoms with Gasteiger partial charge in [-0.1, -0.05) is 12.1 Å². The molecule has 0 aromatic heterocycles. The third-order valence-electron chi connectivity index (χ3n) is 2.83. The lowest BCUT2D eigenvalue weighted by Crippen LogP contribution is -2.20. The summed E-state index contributed by atoms with van der Waals surface area (Å²) in [5, 5.41) is 3.18. The molecule has 1 rings (SSSR count). The van der Waals surface area contributed by atoms with E-state index in [2.05, 4.69) is 47.8 Å². The molecular formula is C14H24N2S. The Morgan fingerprint density at radius 1 is 1.18 bits per heavy atom. The van der Waals surface area contributed by atoms with Gasteiger partial charge in [-0.25, -0.2) is 0 Å². The van der Waals surface area contributed by atoms with Gasteiger partial charge in [0, 0.05) is 11.4 Å². The first-order valence-corrected chi connectivity index (χ1v) is 7.45. The van der Waals surface area contributed by atoms with Crippen LogP contribution in [0.4, 0.5) is 0 Å². The second-order valence-electron chi connectivity index (χ2n) is 4.40. The number of nitrogens with zero attached hydrogens (tertiary/aromatic N) is 1. The average Bonchev–Trinajstić information content (AvgIpc) is 2.36. The maximum Gasteiger partial charge on any atom is 0.0230 e. The molecule has 0 fully saturated rings. The smallest absolute Gasteiger partial charge is 0.0230 e. The number of nitrogens with one attached hydrogen (secondary N) is 1. The predicted molar refractivity (Wildman–Crippen MR) is 77.7 cm³/mol. The maximum absolute atomic E-state index is 3.18. The molecule has 0 spiro atoms. The fourth-order valence-electron chi connectivity index (χ4n) is 1.81. The van der Waals surface area contributed by atoms with Gasteiger partial charge in [0.25, 0.3) is 0 Å². The Labute approximate surface area is 110 Å². The summed E-state index contributed by atoms with van der Waals surface area (Å²) in [7, 11) is 4.21. The average molecular weight is 252 g/mol. The SMILES string of the molecule is CNCCCCN(C)Cc1ccc(SC)cc1. The van der Waals surface area contributed by atoms with Crippen LogP contribution >= 0.6 is 11.8 Å². The fraction of sp³-hybridized carbons (Fsp3) is 0.571. The van der Waals surface area contributed by atoms with E-state index >= 15 is 0 Å². The highest BCUT2D eigenvalue weighted by Gasteiger charge is 2.00. The Bertz CT molecular complexity index is 298. The molecule has 17 heavy (non-hydrogen) atoms. The van der Waals surface area contributed by atoms with Crippen molar-refractivity contribution in [2.75, 3.05) is 33.4 Å². The first-order chi connectivity index (χ1) is 8.26. The summed E-state index contributed by atoms with van der Waals surface area (Å²) in [5.41, 5.74) is 1.40. The molecule has 3 heteroatoms. The Morgan fingerprint density at radius 2 is 1.88 bits per heavy atom. The Morgan fingerprint density at radius 3 is 2.47 bits per heavy atom. The van der Waals surface area contributed by atoms with Crippen LogP contribution in [-0.2, 0) is 6.54 Å². The van der Waals surface area contributed by atoms with E-state index in [9.17, 15) is 0 Å². The molecule has 0 aliphatic carbocycles. The second kappa shape index (κ2) is 8.56. The van der Waals surface area contributed by atoms with Crippen molar-refractivity contribution in [1.82, 2.24) is 10.2 Å². The quantitative estimate of drug-likeness (QED) is 0.566. The molecule has 0 atom stereocenters. The molecule has 0 aliphatic heterocycles. The van der Waals surface area contributed by atoms with Crippen LogP contribution in [-0.4, -0.2) is 38.3 Å². The van der Waals surface area contributed by atoms with E-state index in [0.717, 1.165) is 13.1 Å². The van der Waals surface area contributed by atoms with Gasteiger partial charge in [0.05, 0.1) is 0 Å². The van der Waals surface area contributed by atoms with Gasteiger partial charge in [0.2, 0.25) is 0 Å². The fourth-order valence-corrected chi connectivity index (χ4v) is 2.21. The summed E-state index contributed by atoms with van der Waals surface area (Å²) in [5.74, 6) is 0. The molecule has 0 bridgehead atoms. The van der Waals surface area contributed by atoms with Gasteiger partial charge >= 0.3 is 0 Å². The molecule has 96 valence electrons. The third kappa shape index (κ3) is 6.10. The summed E-state index contributed by atoms with van der Waals surface area (Å²) in [4.78, 5) is 3.73. The van der Waals surface area contributed by atoms with Crippen molar-refractivity contribution in [3.05, 3.63) is 29.8 Å². The summed E-state index contributed by atoms with van der Waals surface area (Å²) in [6.07, 6.45) is 4.63. The highest BCUT2D eigenvalue weighted by atomic mass is 32.2. The monoisotopic (exact) mass is 252 g/mol. The second-order valence-corrected chi connectivity index (χ2v) is 5.28. The van der Waals surface area contributed by atoms with E-state index < -0.39 is 0 Å². The molecule has 0 saturated carbocycles. The molecule has 1 aromatic rings. The van der Waals surface area contributed by atoms with E-state index in [1.165, 1.54) is 29.8 Å². The van der Waals surface area contributed by atoms with Crippen LogP contribution < -0.4 is 5.32 Å². The lowest BCUT2D eigenvalue weighted by molar-refractivity contribution is 0.318. The summed E-state index contributed by atoms with van der Waals surface area (Å²) >= 11 is 1.80. The first-order valence-electron chi connectivity index (χ1n) is 6.22. The van der Waals surface area contributed by atoms with Gasteiger partial charge in [0.1, 0.15) is 0 Å². The zero-order valence-electron chi connectivity index (χ0n) is 11.2. The number of hydrogen-bond acceptors (Lipinski definition) is 3. The number of thioether (sulfide) groups is 1. The molecule has 2 nitrogen and oxygen atoms in total. The zero-order chi connectivity index (χ0) is 12.5. The van der Waals surface area contributed by atoms with Crippen molar-refractivity contribution in [3.8, 4) is 0 Å². The lowest BCUT2D eigenvalue weighted by atomic mass is 10.2. The molecule has 0 radical (unpaired) electrons. The topological polar surface area (TPSA) is 15.3 Å². The molecule has 0 heterocycles. The van der Waals surface area contributed by atoms with Crippen LogP contribution in [0.1, 0.15) is 18.4 Å². The van der Waals surface area contributed by atoms with E-state index in [0.29, 0.717) is 0 Å². The molecule has 1 aromatic carbocycles. The van der Waals surface area contributed by atoms with Crippen LogP contribution in [0.25, 0.3) is 0 Å². The van der Waals surface area contributed by atoms with Crippen LogP contribution in [0.3, 0.4) is 0 Å². The van der Waals surface area contributed by atoms with E-state index in [1.807, 2.05) is 7.05 Å².